The molecule has 0 aromatic carbocycles. The number of hydrogen-bond acceptors (Lipinski definition) is 6. The summed E-state index contributed by atoms with van der Waals surface area (Å²) in [5.74, 6) is 0.0158. The third-order valence-corrected chi connectivity index (χ3v) is 4.30. The van der Waals surface area contributed by atoms with Crippen LogP contribution >= 0.6 is 0 Å². The summed E-state index contributed by atoms with van der Waals surface area (Å²) in [4.78, 5) is 7.30. The maximum Gasteiger partial charge on any atom is 0.246 e. The second kappa shape index (κ2) is 5.75. The Morgan fingerprint density at radius 2 is 2.00 bits per heavy atom. The maximum absolute atomic E-state index is 12.3. The molecule has 7 nitrogen and oxygen atoms in total. The first-order valence-electron chi connectivity index (χ1n) is 5.36. The number of sulfonamides is 1. The van der Waals surface area contributed by atoms with Crippen molar-refractivity contribution in [2.45, 2.75) is 31.2 Å². The normalized spacial score (nSPS) is 11.7. The average Bonchev–Trinajstić information content (AvgIpc) is 2.29. The van der Waals surface area contributed by atoms with Gasteiger partial charge in [0.25, 0.3) is 0 Å². The van der Waals surface area contributed by atoms with Crippen LogP contribution in [0.2, 0.25) is 0 Å². The zero-order valence-corrected chi connectivity index (χ0v) is 11.1. The van der Waals surface area contributed by atoms with E-state index in [4.69, 9.17) is 11.0 Å². The van der Waals surface area contributed by atoms with E-state index in [2.05, 4.69) is 9.97 Å². The summed E-state index contributed by atoms with van der Waals surface area (Å²) in [6.07, 6.45) is 2.46. The molecule has 0 saturated heterocycles. The van der Waals surface area contributed by atoms with Gasteiger partial charge in [-0.25, -0.2) is 18.4 Å². The highest BCUT2D eigenvalue weighted by Gasteiger charge is 2.27. The largest absolute Gasteiger partial charge is 0.368 e. The van der Waals surface area contributed by atoms with Gasteiger partial charge >= 0.3 is 0 Å². The highest BCUT2D eigenvalue weighted by Crippen LogP contribution is 2.17. The van der Waals surface area contributed by atoms with Crippen LogP contribution in [-0.2, 0) is 10.0 Å². The molecule has 1 aromatic rings. The van der Waals surface area contributed by atoms with Crippen LogP contribution in [0.3, 0.4) is 0 Å². The summed E-state index contributed by atoms with van der Waals surface area (Å²) in [5.41, 5.74) is 5.31. The molecule has 18 heavy (non-hydrogen) atoms. The summed E-state index contributed by atoms with van der Waals surface area (Å²) in [7, 11) is -3.69. The van der Waals surface area contributed by atoms with E-state index in [1.54, 1.807) is 13.8 Å². The number of hydrogen-bond donors (Lipinski definition) is 1. The van der Waals surface area contributed by atoms with Gasteiger partial charge in [-0.15, -0.1) is 0 Å². The highest BCUT2D eigenvalue weighted by molar-refractivity contribution is 7.89. The number of nitrogens with zero attached hydrogens (tertiary/aromatic N) is 4. The van der Waals surface area contributed by atoms with Crippen molar-refractivity contribution in [2.75, 3.05) is 12.3 Å². The minimum absolute atomic E-state index is 0.0158. The quantitative estimate of drug-likeness (QED) is 0.826. The Morgan fingerprint density at radius 3 is 2.44 bits per heavy atom. The molecule has 1 rings (SSSR count). The van der Waals surface area contributed by atoms with Crippen molar-refractivity contribution in [3.8, 4) is 6.07 Å². The Hall–Kier alpha value is -1.72. The van der Waals surface area contributed by atoms with Crippen molar-refractivity contribution < 1.29 is 8.42 Å². The molecule has 0 fully saturated rings. The molecular formula is C10H15N5O2S. The molecule has 0 spiro atoms. The molecule has 0 atom stereocenters. The van der Waals surface area contributed by atoms with Crippen LogP contribution in [0.4, 0.5) is 5.95 Å². The minimum Gasteiger partial charge on any atom is -0.368 e. The Kier molecular flexibility index (Phi) is 4.58. The first-order chi connectivity index (χ1) is 8.39. The van der Waals surface area contributed by atoms with Crippen LogP contribution in [0, 0.1) is 11.3 Å². The van der Waals surface area contributed by atoms with E-state index in [0.717, 1.165) is 0 Å². The van der Waals surface area contributed by atoms with E-state index in [1.165, 1.54) is 16.7 Å². The zero-order valence-electron chi connectivity index (χ0n) is 10.2. The van der Waals surface area contributed by atoms with Crippen molar-refractivity contribution >= 4 is 16.0 Å². The molecule has 0 aliphatic rings. The summed E-state index contributed by atoms with van der Waals surface area (Å²) in [6, 6.07) is 1.68. The molecule has 0 amide bonds. The van der Waals surface area contributed by atoms with E-state index in [-0.39, 0.29) is 29.9 Å². The van der Waals surface area contributed by atoms with Gasteiger partial charge in [-0.05, 0) is 13.8 Å². The number of anilines is 1. The van der Waals surface area contributed by atoms with Crippen LogP contribution in [-0.4, -0.2) is 35.3 Å². The highest BCUT2D eigenvalue weighted by atomic mass is 32.2. The average molecular weight is 269 g/mol. The number of aromatic nitrogens is 2. The second-order valence-corrected chi connectivity index (χ2v) is 5.79. The van der Waals surface area contributed by atoms with Crippen molar-refractivity contribution in [1.29, 1.82) is 5.26 Å². The van der Waals surface area contributed by atoms with E-state index in [9.17, 15) is 8.42 Å². The van der Waals surface area contributed by atoms with Gasteiger partial charge in [0.2, 0.25) is 16.0 Å². The lowest BCUT2D eigenvalue weighted by atomic mass is 10.3. The molecule has 2 N–H and O–H groups in total. The van der Waals surface area contributed by atoms with Crippen molar-refractivity contribution in [1.82, 2.24) is 14.3 Å². The number of rotatable bonds is 5. The number of nitriles is 1. The fraction of sp³-hybridized carbons (Fsp3) is 0.500. The Morgan fingerprint density at radius 1 is 1.44 bits per heavy atom. The predicted octanol–water partition coefficient (Wildman–Crippen LogP) is 0.372. The fourth-order valence-electron chi connectivity index (χ4n) is 1.41. The van der Waals surface area contributed by atoms with Crippen molar-refractivity contribution in [3.05, 3.63) is 12.4 Å². The monoisotopic (exact) mass is 269 g/mol. The second-order valence-electron chi connectivity index (χ2n) is 3.89. The Balaban J connectivity index is 3.09. The molecule has 0 bridgehead atoms. The molecule has 1 aromatic heterocycles. The molecule has 0 radical (unpaired) electrons. The molecular weight excluding hydrogens is 254 g/mol. The molecule has 1 heterocycles. The molecule has 0 aliphatic carbocycles. The zero-order chi connectivity index (χ0) is 13.8. The van der Waals surface area contributed by atoms with E-state index in [0.29, 0.717) is 0 Å². The first kappa shape index (κ1) is 14.3. The lowest BCUT2D eigenvalue weighted by Gasteiger charge is -2.24. The van der Waals surface area contributed by atoms with Gasteiger partial charge in [0.05, 0.1) is 18.5 Å². The summed E-state index contributed by atoms with van der Waals surface area (Å²) < 4.78 is 25.8. The van der Waals surface area contributed by atoms with E-state index in [1.807, 2.05) is 6.07 Å². The maximum atomic E-state index is 12.3. The van der Waals surface area contributed by atoms with Crippen LogP contribution in [0.25, 0.3) is 0 Å². The SMILES string of the molecule is CC(C)N(CCC#N)S(=O)(=O)c1cnc(N)nc1. The van der Waals surface area contributed by atoms with Crippen molar-refractivity contribution in [3.63, 3.8) is 0 Å². The lowest BCUT2D eigenvalue weighted by molar-refractivity contribution is 0.360. The van der Waals surface area contributed by atoms with Gasteiger partial charge in [0.15, 0.2) is 0 Å². The first-order valence-corrected chi connectivity index (χ1v) is 6.80. The Bertz CT molecular complexity index is 532. The standard InChI is InChI=1S/C10H15N5O2S/c1-8(2)15(5-3-4-11)18(16,17)9-6-13-10(12)14-7-9/h6-8H,3,5H2,1-2H3,(H2,12,13,14). The predicted molar refractivity (Wildman–Crippen MR) is 65.7 cm³/mol. The van der Waals surface area contributed by atoms with Gasteiger partial charge in [-0.3, -0.25) is 0 Å². The summed E-state index contributed by atoms with van der Waals surface area (Å²) >= 11 is 0. The van der Waals surface area contributed by atoms with Crippen LogP contribution in [0.1, 0.15) is 20.3 Å². The van der Waals surface area contributed by atoms with Gasteiger partial charge in [0.1, 0.15) is 4.90 Å². The number of nitrogen functional groups attached to an aromatic ring is 1. The molecule has 0 saturated carbocycles. The van der Waals surface area contributed by atoms with E-state index < -0.39 is 10.0 Å². The van der Waals surface area contributed by atoms with Crippen LogP contribution in [0.15, 0.2) is 17.3 Å². The Labute approximate surface area is 106 Å². The molecule has 98 valence electrons. The lowest BCUT2D eigenvalue weighted by Crippen LogP contribution is -2.37. The fourth-order valence-corrected chi connectivity index (χ4v) is 2.94. The van der Waals surface area contributed by atoms with Crippen LogP contribution in [0.5, 0.6) is 0 Å². The number of nitrogens with two attached hydrogens (primary N) is 1. The molecule has 8 heteroatoms. The van der Waals surface area contributed by atoms with Gasteiger partial charge in [-0.2, -0.15) is 9.57 Å². The third kappa shape index (κ3) is 3.15. The van der Waals surface area contributed by atoms with Crippen LogP contribution < -0.4 is 5.73 Å². The van der Waals surface area contributed by atoms with E-state index >= 15 is 0 Å². The van der Waals surface area contributed by atoms with Crippen molar-refractivity contribution in [2.24, 2.45) is 0 Å². The van der Waals surface area contributed by atoms with Gasteiger partial charge in [-0.1, -0.05) is 0 Å². The van der Waals surface area contributed by atoms with Gasteiger partial charge < -0.3 is 5.73 Å². The molecule has 0 unspecified atom stereocenters. The van der Waals surface area contributed by atoms with Gasteiger partial charge in [0, 0.05) is 19.0 Å². The smallest absolute Gasteiger partial charge is 0.246 e. The summed E-state index contributed by atoms with van der Waals surface area (Å²) in [5, 5.41) is 8.56. The molecule has 0 aliphatic heterocycles. The summed E-state index contributed by atoms with van der Waals surface area (Å²) in [6.45, 7) is 3.63. The third-order valence-electron chi connectivity index (χ3n) is 2.27. The topological polar surface area (TPSA) is 113 Å². The minimum atomic E-state index is -3.69.